The van der Waals surface area contributed by atoms with Gasteiger partial charge in [-0.1, -0.05) is 24.3 Å². The van der Waals surface area contributed by atoms with Gasteiger partial charge in [-0.05, 0) is 50.2 Å². The molecule has 0 radical (unpaired) electrons. The maximum absolute atomic E-state index is 12.3. The summed E-state index contributed by atoms with van der Waals surface area (Å²) in [6, 6.07) is 13.4. The first kappa shape index (κ1) is 22.0. The SMILES string of the molecule is O=C(CN1CCC(C(=O)N/N=C/c2ccccc2O)CC1)N/N=C/c1ccccc1O. The van der Waals surface area contributed by atoms with Crippen LogP contribution in [0.1, 0.15) is 24.0 Å². The summed E-state index contributed by atoms with van der Waals surface area (Å²) in [5.41, 5.74) is 6.00. The van der Waals surface area contributed by atoms with Gasteiger partial charge in [-0.25, -0.2) is 10.9 Å². The van der Waals surface area contributed by atoms with E-state index in [0.717, 1.165) is 0 Å². The molecule has 0 saturated carbocycles. The minimum atomic E-state index is -0.262. The van der Waals surface area contributed by atoms with Gasteiger partial charge in [-0.3, -0.25) is 14.5 Å². The van der Waals surface area contributed by atoms with Crippen molar-refractivity contribution in [2.24, 2.45) is 16.1 Å². The number of likely N-dealkylation sites (tertiary alicyclic amines) is 1. The van der Waals surface area contributed by atoms with E-state index >= 15 is 0 Å². The van der Waals surface area contributed by atoms with Crippen molar-refractivity contribution in [3.8, 4) is 11.5 Å². The molecule has 9 nitrogen and oxygen atoms in total. The number of nitrogens with zero attached hydrogens (tertiary/aromatic N) is 3. The molecule has 31 heavy (non-hydrogen) atoms. The summed E-state index contributed by atoms with van der Waals surface area (Å²) in [6.07, 6.45) is 4.03. The molecular formula is C22H25N5O4. The van der Waals surface area contributed by atoms with E-state index in [1.807, 2.05) is 4.90 Å². The molecule has 162 valence electrons. The molecule has 1 heterocycles. The molecule has 9 heteroatoms. The van der Waals surface area contributed by atoms with Crippen molar-refractivity contribution in [1.29, 1.82) is 0 Å². The Balaban J connectivity index is 1.38. The van der Waals surface area contributed by atoms with E-state index in [2.05, 4.69) is 21.1 Å². The fraction of sp³-hybridized carbons (Fsp3) is 0.273. The van der Waals surface area contributed by atoms with Crippen molar-refractivity contribution in [3.63, 3.8) is 0 Å². The van der Waals surface area contributed by atoms with Crippen LogP contribution in [0, 0.1) is 5.92 Å². The first-order valence-corrected chi connectivity index (χ1v) is 9.96. The second-order valence-corrected chi connectivity index (χ2v) is 7.20. The largest absolute Gasteiger partial charge is 0.507 e. The number of phenolic OH excluding ortho intramolecular Hbond substituents is 2. The Kier molecular flexibility index (Phi) is 7.72. The van der Waals surface area contributed by atoms with Crippen LogP contribution in [0.25, 0.3) is 0 Å². The number of phenols is 2. The zero-order valence-electron chi connectivity index (χ0n) is 16.9. The predicted molar refractivity (Wildman–Crippen MR) is 117 cm³/mol. The van der Waals surface area contributed by atoms with Crippen LogP contribution in [0.5, 0.6) is 11.5 Å². The maximum Gasteiger partial charge on any atom is 0.254 e. The lowest BCUT2D eigenvalue weighted by molar-refractivity contribution is -0.126. The van der Waals surface area contributed by atoms with Gasteiger partial charge in [-0.2, -0.15) is 10.2 Å². The summed E-state index contributed by atoms with van der Waals surface area (Å²) in [6.45, 7) is 1.40. The number of benzene rings is 2. The number of piperidine rings is 1. The first-order valence-electron chi connectivity index (χ1n) is 9.96. The molecule has 3 rings (SSSR count). The third-order valence-corrected chi connectivity index (χ3v) is 4.97. The third kappa shape index (κ3) is 6.65. The molecule has 0 aliphatic carbocycles. The number of hydrogen-bond acceptors (Lipinski definition) is 7. The van der Waals surface area contributed by atoms with Crippen LogP contribution in [0.3, 0.4) is 0 Å². The predicted octanol–water partition coefficient (Wildman–Crippen LogP) is 1.41. The molecule has 0 unspecified atom stereocenters. The molecule has 4 N–H and O–H groups in total. The summed E-state index contributed by atoms with van der Waals surface area (Å²) in [4.78, 5) is 26.3. The molecule has 0 bridgehead atoms. The summed E-state index contributed by atoms with van der Waals surface area (Å²) in [5, 5.41) is 27.1. The highest BCUT2D eigenvalue weighted by atomic mass is 16.3. The smallest absolute Gasteiger partial charge is 0.254 e. The highest BCUT2D eigenvalue weighted by Gasteiger charge is 2.25. The van der Waals surface area contributed by atoms with Gasteiger partial charge in [0.05, 0.1) is 19.0 Å². The van der Waals surface area contributed by atoms with Gasteiger partial charge in [0, 0.05) is 17.0 Å². The van der Waals surface area contributed by atoms with Crippen molar-refractivity contribution < 1.29 is 19.8 Å². The van der Waals surface area contributed by atoms with E-state index < -0.39 is 0 Å². The molecule has 0 spiro atoms. The van der Waals surface area contributed by atoms with Crippen LogP contribution < -0.4 is 10.9 Å². The van der Waals surface area contributed by atoms with Crippen LogP contribution in [-0.2, 0) is 9.59 Å². The number of para-hydroxylation sites is 2. The summed E-state index contributed by atoms with van der Waals surface area (Å²) in [5.74, 6) is -0.437. The van der Waals surface area contributed by atoms with E-state index in [9.17, 15) is 19.8 Å². The molecule has 2 aromatic carbocycles. The molecule has 1 aliphatic heterocycles. The fourth-order valence-electron chi connectivity index (χ4n) is 3.22. The Morgan fingerprint density at radius 2 is 1.42 bits per heavy atom. The molecule has 2 amide bonds. The molecule has 1 saturated heterocycles. The maximum atomic E-state index is 12.3. The fourth-order valence-corrected chi connectivity index (χ4v) is 3.22. The average molecular weight is 423 g/mol. The number of nitrogens with one attached hydrogen (secondary N) is 2. The minimum Gasteiger partial charge on any atom is -0.507 e. The lowest BCUT2D eigenvalue weighted by atomic mass is 9.96. The summed E-state index contributed by atoms with van der Waals surface area (Å²) < 4.78 is 0. The zero-order valence-corrected chi connectivity index (χ0v) is 16.9. The Bertz CT molecular complexity index is 968. The van der Waals surface area contributed by atoms with Gasteiger partial charge in [0.1, 0.15) is 11.5 Å². The van der Waals surface area contributed by atoms with Crippen molar-refractivity contribution >= 4 is 24.2 Å². The second-order valence-electron chi connectivity index (χ2n) is 7.20. The van der Waals surface area contributed by atoms with Gasteiger partial charge < -0.3 is 10.2 Å². The van der Waals surface area contributed by atoms with Gasteiger partial charge in [0.2, 0.25) is 5.91 Å². The van der Waals surface area contributed by atoms with E-state index in [-0.39, 0.29) is 35.8 Å². The third-order valence-electron chi connectivity index (χ3n) is 4.97. The molecule has 1 fully saturated rings. The molecule has 0 atom stereocenters. The monoisotopic (exact) mass is 423 g/mol. The zero-order chi connectivity index (χ0) is 22.1. The van der Waals surface area contributed by atoms with Gasteiger partial charge in [-0.15, -0.1) is 0 Å². The van der Waals surface area contributed by atoms with Crippen LogP contribution >= 0.6 is 0 Å². The van der Waals surface area contributed by atoms with Crippen molar-refractivity contribution in [1.82, 2.24) is 15.8 Å². The Hall–Kier alpha value is -3.72. The molecule has 1 aliphatic rings. The minimum absolute atomic E-state index is 0.0887. The van der Waals surface area contributed by atoms with Gasteiger partial charge in [0.15, 0.2) is 0 Å². The summed E-state index contributed by atoms with van der Waals surface area (Å²) in [7, 11) is 0. The second kappa shape index (κ2) is 10.9. The molecule has 0 aromatic heterocycles. The van der Waals surface area contributed by atoms with E-state index in [1.54, 1.807) is 48.5 Å². The lowest BCUT2D eigenvalue weighted by Crippen LogP contribution is -2.43. The van der Waals surface area contributed by atoms with Crippen molar-refractivity contribution in [2.75, 3.05) is 19.6 Å². The van der Waals surface area contributed by atoms with E-state index in [1.165, 1.54) is 12.4 Å². The van der Waals surface area contributed by atoms with E-state index in [0.29, 0.717) is 37.1 Å². The van der Waals surface area contributed by atoms with Gasteiger partial charge in [0.25, 0.3) is 5.91 Å². The van der Waals surface area contributed by atoms with Crippen LogP contribution in [-0.4, -0.2) is 59.0 Å². The van der Waals surface area contributed by atoms with Crippen LogP contribution in [0.4, 0.5) is 0 Å². The molecular weight excluding hydrogens is 398 g/mol. The normalized spacial score (nSPS) is 15.4. The number of carbonyl (C=O) groups is 2. The number of carbonyl (C=O) groups excluding carboxylic acids is 2. The van der Waals surface area contributed by atoms with Crippen molar-refractivity contribution in [2.45, 2.75) is 12.8 Å². The van der Waals surface area contributed by atoms with Gasteiger partial charge >= 0.3 is 0 Å². The number of hydrazone groups is 2. The Morgan fingerprint density at radius 1 is 0.903 bits per heavy atom. The average Bonchev–Trinajstić information content (AvgIpc) is 2.77. The number of hydrogen-bond donors (Lipinski definition) is 4. The highest BCUT2D eigenvalue weighted by molar-refractivity contribution is 5.86. The number of rotatable bonds is 7. The summed E-state index contributed by atoms with van der Waals surface area (Å²) >= 11 is 0. The Labute approximate surface area is 180 Å². The number of aromatic hydroxyl groups is 2. The van der Waals surface area contributed by atoms with Crippen LogP contribution in [0.2, 0.25) is 0 Å². The topological polar surface area (TPSA) is 127 Å². The number of amides is 2. The Morgan fingerprint density at radius 3 is 1.97 bits per heavy atom. The molecule has 2 aromatic rings. The van der Waals surface area contributed by atoms with Crippen LogP contribution in [0.15, 0.2) is 58.7 Å². The lowest BCUT2D eigenvalue weighted by Gasteiger charge is -2.30. The first-order chi connectivity index (χ1) is 15.0. The quantitative estimate of drug-likeness (QED) is 0.396. The van der Waals surface area contributed by atoms with E-state index in [4.69, 9.17) is 0 Å². The highest BCUT2D eigenvalue weighted by Crippen LogP contribution is 2.17. The standard InChI is InChI=1S/C22H25N5O4/c28-19-7-3-1-5-17(19)13-23-25-21(30)15-27-11-9-16(10-12-27)22(31)26-24-14-18-6-2-4-8-20(18)29/h1-8,13-14,16,28-29H,9-12,15H2,(H,25,30)(H,26,31)/b23-13+,24-14+. The van der Waals surface area contributed by atoms with Crippen molar-refractivity contribution in [3.05, 3.63) is 59.7 Å².